The number of fused-ring (bicyclic) bond motifs is 1. The van der Waals surface area contributed by atoms with Crippen molar-refractivity contribution in [2.24, 2.45) is 0 Å². The van der Waals surface area contributed by atoms with Gasteiger partial charge in [-0.05, 0) is 60.9 Å². The van der Waals surface area contributed by atoms with Crippen LogP contribution in [-0.2, 0) is 6.54 Å². The third kappa shape index (κ3) is 5.53. The Balaban J connectivity index is 1.20. The molecule has 0 atom stereocenters. The van der Waals surface area contributed by atoms with Gasteiger partial charge in [0, 0.05) is 43.8 Å². The third-order valence-electron chi connectivity index (χ3n) is 7.12. The monoisotopic (exact) mass is 552 g/mol. The molecule has 12 heteroatoms. The fraction of sp³-hybridized carbons (Fsp3) is 0.241. The van der Waals surface area contributed by atoms with Crippen LogP contribution >= 0.6 is 0 Å². The molecule has 3 N–H and O–H groups in total. The Morgan fingerprint density at radius 1 is 0.976 bits per heavy atom. The van der Waals surface area contributed by atoms with Gasteiger partial charge in [-0.2, -0.15) is 5.26 Å². The highest BCUT2D eigenvalue weighted by Crippen LogP contribution is 2.31. The third-order valence-corrected chi connectivity index (χ3v) is 7.12. The molecular formula is C29H26F2N10. The quantitative estimate of drug-likeness (QED) is 0.294. The molecule has 4 aromatic heterocycles. The number of alkyl halides is 2. The van der Waals surface area contributed by atoms with E-state index in [-0.39, 0.29) is 23.4 Å². The molecule has 1 aliphatic rings. The van der Waals surface area contributed by atoms with Crippen molar-refractivity contribution in [2.45, 2.75) is 31.9 Å². The highest BCUT2D eigenvalue weighted by molar-refractivity contribution is 5.82. The summed E-state index contributed by atoms with van der Waals surface area (Å²) in [4.78, 5) is 23.6. The van der Waals surface area contributed by atoms with Crippen LogP contribution < -0.4 is 11.1 Å². The van der Waals surface area contributed by atoms with Crippen LogP contribution in [0.25, 0.3) is 28.2 Å². The number of hydrogen-bond acceptors (Lipinski definition) is 9. The van der Waals surface area contributed by atoms with Gasteiger partial charge in [0.15, 0.2) is 11.5 Å². The molecule has 0 radical (unpaired) electrons. The Labute approximate surface area is 234 Å². The molecule has 0 bridgehead atoms. The number of imidazole rings is 1. The molecule has 206 valence electrons. The second-order valence-corrected chi connectivity index (χ2v) is 9.83. The zero-order chi connectivity index (χ0) is 28.3. The van der Waals surface area contributed by atoms with Crippen molar-refractivity contribution in [3.8, 4) is 23.1 Å². The van der Waals surface area contributed by atoms with Gasteiger partial charge in [-0.3, -0.25) is 9.47 Å². The molecule has 0 unspecified atom stereocenters. The lowest BCUT2D eigenvalue weighted by Crippen LogP contribution is -2.38. The minimum atomic E-state index is -2.70. The maximum Gasteiger partial charge on any atom is 0.280 e. The summed E-state index contributed by atoms with van der Waals surface area (Å²) in [5.74, 6) is 1.59. The van der Waals surface area contributed by atoms with Gasteiger partial charge in [-0.25, -0.2) is 33.7 Å². The van der Waals surface area contributed by atoms with E-state index in [4.69, 9.17) is 11.0 Å². The number of halogens is 2. The van der Waals surface area contributed by atoms with Gasteiger partial charge in [-0.15, -0.1) is 0 Å². The Kier molecular flexibility index (Phi) is 7.18. The van der Waals surface area contributed by atoms with Gasteiger partial charge in [-0.1, -0.05) is 12.1 Å². The Morgan fingerprint density at radius 3 is 2.51 bits per heavy atom. The number of nitrogens with zero attached hydrogens (tertiary/aromatic N) is 8. The van der Waals surface area contributed by atoms with Crippen LogP contribution in [0.5, 0.6) is 0 Å². The Morgan fingerprint density at radius 2 is 1.78 bits per heavy atom. The van der Waals surface area contributed by atoms with E-state index in [0.29, 0.717) is 28.4 Å². The standard InChI is InChI=1S/C29H26F2N10/c30-26(31)22-7-8-23-29(37-22)41(28(38-23)21-2-1-12-35-27(21)33)20-5-3-18(4-6-20)17-40-14-10-19(11-15-40)36-24-9-13-34-25(16-32)39-24/h1-9,12-13,19,26H,10-11,14-15,17H2,(H2,33,35)(H,34,36,39). The fourth-order valence-electron chi connectivity index (χ4n) is 5.07. The lowest BCUT2D eigenvalue weighted by molar-refractivity contribution is 0.146. The number of pyridine rings is 2. The molecular weight excluding hydrogens is 526 g/mol. The summed E-state index contributed by atoms with van der Waals surface area (Å²) in [6.45, 7) is 2.60. The van der Waals surface area contributed by atoms with Crippen molar-refractivity contribution < 1.29 is 8.78 Å². The summed E-state index contributed by atoms with van der Waals surface area (Å²) in [5, 5.41) is 12.4. The van der Waals surface area contributed by atoms with E-state index < -0.39 is 6.43 Å². The van der Waals surface area contributed by atoms with Crippen molar-refractivity contribution in [2.75, 3.05) is 24.1 Å². The van der Waals surface area contributed by atoms with E-state index in [1.54, 1.807) is 41.2 Å². The van der Waals surface area contributed by atoms with E-state index in [9.17, 15) is 8.78 Å². The summed E-state index contributed by atoms with van der Waals surface area (Å²) >= 11 is 0. The maximum absolute atomic E-state index is 13.5. The van der Waals surface area contributed by atoms with Crippen LogP contribution in [0.2, 0.25) is 0 Å². The van der Waals surface area contributed by atoms with E-state index in [0.717, 1.165) is 43.7 Å². The van der Waals surface area contributed by atoms with Crippen LogP contribution in [0.15, 0.2) is 67.0 Å². The van der Waals surface area contributed by atoms with E-state index in [2.05, 4.69) is 35.1 Å². The SMILES string of the molecule is N#Cc1nccc(NC2CCN(Cc3ccc(-n4c(-c5cccnc5N)nc5ccc(C(F)F)nc54)cc3)CC2)n1. The number of hydrogen-bond donors (Lipinski definition) is 2. The number of nitrogens with one attached hydrogen (secondary N) is 1. The molecule has 5 heterocycles. The number of aromatic nitrogens is 6. The smallest absolute Gasteiger partial charge is 0.280 e. The summed E-state index contributed by atoms with van der Waals surface area (Å²) < 4.78 is 28.8. The average molecular weight is 553 g/mol. The van der Waals surface area contributed by atoms with Crippen molar-refractivity contribution >= 4 is 22.8 Å². The zero-order valence-electron chi connectivity index (χ0n) is 22.0. The topological polar surface area (TPSA) is 134 Å². The first-order valence-electron chi connectivity index (χ1n) is 13.2. The molecule has 0 spiro atoms. The molecule has 1 saturated heterocycles. The highest BCUT2D eigenvalue weighted by Gasteiger charge is 2.22. The molecule has 0 aliphatic carbocycles. The molecule has 6 rings (SSSR count). The normalized spacial score (nSPS) is 14.4. The number of benzene rings is 1. The highest BCUT2D eigenvalue weighted by atomic mass is 19.3. The van der Waals surface area contributed by atoms with Gasteiger partial charge < -0.3 is 11.1 Å². The molecule has 41 heavy (non-hydrogen) atoms. The largest absolute Gasteiger partial charge is 0.383 e. The van der Waals surface area contributed by atoms with Crippen molar-refractivity contribution in [1.82, 2.24) is 34.4 Å². The predicted octanol–water partition coefficient (Wildman–Crippen LogP) is 4.74. The average Bonchev–Trinajstić information content (AvgIpc) is 3.37. The number of rotatable bonds is 7. The van der Waals surface area contributed by atoms with Gasteiger partial charge >= 0.3 is 0 Å². The number of nitriles is 1. The number of piperidine rings is 1. The number of nitrogens with two attached hydrogens (primary N) is 1. The van der Waals surface area contributed by atoms with Gasteiger partial charge in [0.05, 0.1) is 5.56 Å². The predicted molar refractivity (Wildman–Crippen MR) is 150 cm³/mol. The van der Waals surface area contributed by atoms with Crippen molar-refractivity contribution in [3.63, 3.8) is 0 Å². The molecule has 1 aliphatic heterocycles. The van der Waals surface area contributed by atoms with Crippen molar-refractivity contribution in [1.29, 1.82) is 5.26 Å². The molecule has 10 nitrogen and oxygen atoms in total. The Bertz CT molecular complexity index is 1720. The Hall–Kier alpha value is -5.02. The van der Waals surface area contributed by atoms with E-state index in [1.165, 1.54) is 6.07 Å². The van der Waals surface area contributed by atoms with E-state index >= 15 is 0 Å². The molecule has 0 amide bonds. The van der Waals surface area contributed by atoms with Gasteiger partial charge in [0.25, 0.3) is 6.43 Å². The molecule has 5 aromatic rings. The lowest BCUT2D eigenvalue weighted by atomic mass is 10.0. The second-order valence-electron chi connectivity index (χ2n) is 9.83. The number of anilines is 2. The molecule has 1 aromatic carbocycles. The first-order chi connectivity index (χ1) is 20.0. The summed E-state index contributed by atoms with van der Waals surface area (Å²) in [6, 6.07) is 18.4. The first-order valence-corrected chi connectivity index (χ1v) is 13.2. The van der Waals surface area contributed by atoms with Crippen LogP contribution in [0.1, 0.15) is 36.3 Å². The first kappa shape index (κ1) is 26.2. The zero-order valence-corrected chi connectivity index (χ0v) is 22.0. The van der Waals surface area contributed by atoms with Gasteiger partial charge in [0.2, 0.25) is 5.82 Å². The second kappa shape index (κ2) is 11.2. The minimum absolute atomic E-state index is 0.154. The van der Waals surface area contributed by atoms with Crippen LogP contribution in [-0.4, -0.2) is 53.5 Å². The number of nitrogen functional groups attached to an aromatic ring is 1. The maximum atomic E-state index is 13.5. The minimum Gasteiger partial charge on any atom is -0.383 e. The van der Waals surface area contributed by atoms with E-state index in [1.807, 2.05) is 30.3 Å². The molecule has 0 saturated carbocycles. The van der Waals surface area contributed by atoms with Crippen molar-refractivity contribution in [3.05, 3.63) is 84.1 Å². The number of likely N-dealkylation sites (tertiary alicyclic amines) is 1. The lowest BCUT2D eigenvalue weighted by Gasteiger charge is -2.32. The van der Waals surface area contributed by atoms with Crippen LogP contribution in [0.3, 0.4) is 0 Å². The molecule has 1 fully saturated rings. The van der Waals surface area contributed by atoms with Gasteiger partial charge in [0.1, 0.15) is 28.9 Å². The van der Waals surface area contributed by atoms with Crippen LogP contribution in [0, 0.1) is 11.3 Å². The summed E-state index contributed by atoms with van der Waals surface area (Å²) in [6.07, 6.45) is 2.36. The summed E-state index contributed by atoms with van der Waals surface area (Å²) in [7, 11) is 0. The fourth-order valence-corrected chi connectivity index (χ4v) is 5.07. The van der Waals surface area contributed by atoms with Crippen LogP contribution in [0.4, 0.5) is 20.4 Å². The summed E-state index contributed by atoms with van der Waals surface area (Å²) in [5.41, 5.74) is 9.11.